The van der Waals surface area contributed by atoms with Crippen molar-refractivity contribution in [2.45, 2.75) is 39.7 Å². The average Bonchev–Trinajstić information content (AvgIpc) is 2.41. The van der Waals surface area contributed by atoms with Gasteiger partial charge >= 0.3 is 5.97 Å². The number of carboxylic acid groups (broad SMARTS) is 1. The molecule has 0 saturated heterocycles. The van der Waals surface area contributed by atoms with E-state index in [1.165, 1.54) is 0 Å². The van der Waals surface area contributed by atoms with Crippen molar-refractivity contribution in [3.63, 3.8) is 0 Å². The predicted octanol–water partition coefficient (Wildman–Crippen LogP) is 2.29. The average molecular weight is 292 g/mol. The highest BCUT2D eigenvalue weighted by molar-refractivity contribution is 5.94. The van der Waals surface area contributed by atoms with Crippen LogP contribution < -0.4 is 5.32 Å². The number of benzene rings is 1. The monoisotopic (exact) mass is 292 g/mol. The van der Waals surface area contributed by atoms with E-state index in [1.54, 1.807) is 18.9 Å². The lowest BCUT2D eigenvalue weighted by atomic mass is 10.1. The van der Waals surface area contributed by atoms with Crippen LogP contribution in [0.3, 0.4) is 0 Å². The number of carboxylic acids is 1. The van der Waals surface area contributed by atoms with Crippen molar-refractivity contribution in [3.05, 3.63) is 29.3 Å². The van der Waals surface area contributed by atoms with Crippen LogP contribution in [0.2, 0.25) is 0 Å². The molecular formula is C16H24N2O3. The number of carbonyl (C=O) groups excluding carboxylic acids is 1. The van der Waals surface area contributed by atoms with Crippen LogP contribution in [0.25, 0.3) is 0 Å². The molecule has 0 heterocycles. The molecule has 0 spiro atoms. The largest absolute Gasteiger partial charge is 0.480 e. The SMILES string of the molecule is CCc1cccc(C)c1NC(=O)CN(C)C(CC)C(=O)O. The Bertz CT molecular complexity index is 514. The van der Waals surface area contributed by atoms with Crippen LogP contribution in [0.15, 0.2) is 18.2 Å². The molecule has 0 aliphatic carbocycles. The van der Waals surface area contributed by atoms with Gasteiger partial charge in [-0.1, -0.05) is 32.0 Å². The van der Waals surface area contributed by atoms with Gasteiger partial charge in [-0.15, -0.1) is 0 Å². The summed E-state index contributed by atoms with van der Waals surface area (Å²) in [5, 5.41) is 12.0. The van der Waals surface area contributed by atoms with Crippen molar-refractivity contribution in [3.8, 4) is 0 Å². The molecule has 1 rings (SSSR count). The molecule has 5 nitrogen and oxygen atoms in total. The van der Waals surface area contributed by atoms with Gasteiger partial charge in [-0.2, -0.15) is 0 Å². The topological polar surface area (TPSA) is 69.6 Å². The lowest BCUT2D eigenvalue weighted by Gasteiger charge is -2.23. The van der Waals surface area contributed by atoms with E-state index in [0.29, 0.717) is 6.42 Å². The Morgan fingerprint density at radius 1 is 1.33 bits per heavy atom. The molecule has 0 saturated carbocycles. The second-order valence-electron chi connectivity index (χ2n) is 5.19. The number of carbonyl (C=O) groups is 2. The number of hydrogen-bond donors (Lipinski definition) is 2. The van der Waals surface area contributed by atoms with Crippen molar-refractivity contribution >= 4 is 17.6 Å². The molecule has 1 unspecified atom stereocenters. The van der Waals surface area contributed by atoms with Crippen molar-refractivity contribution in [1.82, 2.24) is 4.90 Å². The van der Waals surface area contributed by atoms with Crippen molar-refractivity contribution in [1.29, 1.82) is 0 Å². The zero-order valence-electron chi connectivity index (χ0n) is 13.1. The first kappa shape index (κ1) is 17.2. The number of nitrogens with zero attached hydrogens (tertiary/aromatic N) is 1. The quantitative estimate of drug-likeness (QED) is 0.809. The van der Waals surface area contributed by atoms with E-state index >= 15 is 0 Å². The molecule has 0 fully saturated rings. The summed E-state index contributed by atoms with van der Waals surface area (Å²) in [6.45, 7) is 5.84. The van der Waals surface area contributed by atoms with E-state index in [-0.39, 0.29) is 12.5 Å². The third kappa shape index (κ3) is 4.56. The maximum absolute atomic E-state index is 12.1. The van der Waals surface area contributed by atoms with Gasteiger partial charge in [0.2, 0.25) is 5.91 Å². The second-order valence-corrected chi connectivity index (χ2v) is 5.19. The van der Waals surface area contributed by atoms with Crippen molar-refractivity contribution in [2.75, 3.05) is 18.9 Å². The van der Waals surface area contributed by atoms with Gasteiger partial charge in [-0.25, -0.2) is 0 Å². The van der Waals surface area contributed by atoms with Crippen LogP contribution in [0.4, 0.5) is 5.69 Å². The van der Waals surface area contributed by atoms with E-state index in [2.05, 4.69) is 5.32 Å². The third-order valence-electron chi connectivity index (χ3n) is 3.60. The van der Waals surface area contributed by atoms with Crippen LogP contribution in [0, 0.1) is 6.92 Å². The summed E-state index contributed by atoms with van der Waals surface area (Å²) < 4.78 is 0. The van der Waals surface area contributed by atoms with Gasteiger partial charge < -0.3 is 10.4 Å². The maximum atomic E-state index is 12.1. The Kier molecular flexibility index (Phi) is 6.37. The van der Waals surface area contributed by atoms with Gasteiger partial charge in [0.05, 0.1) is 6.54 Å². The summed E-state index contributed by atoms with van der Waals surface area (Å²) in [6, 6.07) is 5.26. The summed E-state index contributed by atoms with van der Waals surface area (Å²) in [4.78, 5) is 24.8. The Hall–Kier alpha value is -1.88. The van der Waals surface area contributed by atoms with E-state index in [0.717, 1.165) is 23.2 Å². The Morgan fingerprint density at radius 3 is 2.52 bits per heavy atom. The van der Waals surface area contributed by atoms with Crippen molar-refractivity contribution in [2.24, 2.45) is 0 Å². The smallest absolute Gasteiger partial charge is 0.320 e. The molecule has 2 N–H and O–H groups in total. The number of rotatable bonds is 7. The number of nitrogens with one attached hydrogen (secondary N) is 1. The van der Waals surface area contributed by atoms with Crippen LogP contribution in [0.5, 0.6) is 0 Å². The normalized spacial score (nSPS) is 12.2. The molecule has 1 atom stereocenters. The zero-order chi connectivity index (χ0) is 16.0. The Balaban J connectivity index is 2.76. The molecule has 0 radical (unpaired) electrons. The van der Waals surface area contributed by atoms with Gasteiger partial charge in [-0.3, -0.25) is 14.5 Å². The summed E-state index contributed by atoms with van der Waals surface area (Å²) in [6.07, 6.45) is 1.30. The van der Waals surface area contributed by atoms with Gasteiger partial charge in [-0.05, 0) is 37.9 Å². The van der Waals surface area contributed by atoms with Gasteiger partial charge in [0, 0.05) is 5.69 Å². The molecule has 0 aliphatic heterocycles. The second kappa shape index (κ2) is 7.78. The molecule has 116 valence electrons. The van der Waals surface area contributed by atoms with Gasteiger partial charge in [0.25, 0.3) is 0 Å². The van der Waals surface area contributed by atoms with E-state index < -0.39 is 12.0 Å². The first-order valence-corrected chi connectivity index (χ1v) is 7.22. The highest BCUT2D eigenvalue weighted by Gasteiger charge is 2.22. The Labute approximate surface area is 126 Å². The maximum Gasteiger partial charge on any atom is 0.320 e. The number of aryl methyl sites for hydroxylation is 2. The fraction of sp³-hybridized carbons (Fsp3) is 0.500. The van der Waals surface area contributed by atoms with Gasteiger partial charge in [0.1, 0.15) is 6.04 Å². The number of aliphatic carboxylic acids is 1. The molecule has 21 heavy (non-hydrogen) atoms. The molecule has 0 aliphatic rings. The van der Waals surface area contributed by atoms with E-state index in [1.807, 2.05) is 32.0 Å². The zero-order valence-corrected chi connectivity index (χ0v) is 13.1. The van der Waals surface area contributed by atoms with E-state index in [9.17, 15) is 9.59 Å². The molecule has 0 bridgehead atoms. The number of anilines is 1. The molecule has 0 aromatic heterocycles. The first-order chi connectivity index (χ1) is 9.90. The summed E-state index contributed by atoms with van der Waals surface area (Å²) in [5.74, 6) is -1.10. The summed E-state index contributed by atoms with van der Waals surface area (Å²) in [7, 11) is 1.65. The molecule has 1 amide bonds. The third-order valence-corrected chi connectivity index (χ3v) is 3.60. The van der Waals surface area contributed by atoms with Gasteiger partial charge in [0.15, 0.2) is 0 Å². The van der Waals surface area contributed by atoms with Crippen LogP contribution >= 0.6 is 0 Å². The minimum atomic E-state index is -0.905. The first-order valence-electron chi connectivity index (χ1n) is 7.22. The number of amides is 1. The fourth-order valence-electron chi connectivity index (χ4n) is 2.39. The van der Waals surface area contributed by atoms with E-state index in [4.69, 9.17) is 5.11 Å². The number of para-hydroxylation sites is 1. The predicted molar refractivity (Wildman–Crippen MR) is 83.5 cm³/mol. The highest BCUT2D eigenvalue weighted by atomic mass is 16.4. The Morgan fingerprint density at radius 2 is 2.00 bits per heavy atom. The summed E-state index contributed by atoms with van der Waals surface area (Å²) >= 11 is 0. The van der Waals surface area contributed by atoms with Crippen LogP contribution in [0.1, 0.15) is 31.4 Å². The number of hydrogen-bond acceptors (Lipinski definition) is 3. The fourth-order valence-corrected chi connectivity index (χ4v) is 2.39. The van der Waals surface area contributed by atoms with Crippen molar-refractivity contribution < 1.29 is 14.7 Å². The number of likely N-dealkylation sites (N-methyl/N-ethyl adjacent to an activating group) is 1. The minimum Gasteiger partial charge on any atom is -0.480 e. The molecule has 5 heteroatoms. The summed E-state index contributed by atoms with van der Waals surface area (Å²) in [5.41, 5.74) is 2.92. The van der Waals surface area contributed by atoms with Crippen LogP contribution in [-0.2, 0) is 16.0 Å². The molecule has 1 aromatic rings. The standard InChI is InChI=1S/C16H24N2O3/c1-5-12-9-7-8-11(3)15(12)17-14(19)10-18(4)13(6-2)16(20)21/h7-9,13H,5-6,10H2,1-4H3,(H,17,19)(H,20,21). The lowest BCUT2D eigenvalue weighted by molar-refractivity contribution is -0.143. The van der Waals surface area contributed by atoms with Crippen LogP contribution in [-0.4, -0.2) is 41.5 Å². The minimum absolute atomic E-state index is 0.0578. The lowest BCUT2D eigenvalue weighted by Crippen LogP contribution is -2.42. The highest BCUT2D eigenvalue weighted by Crippen LogP contribution is 2.21. The molecular weight excluding hydrogens is 268 g/mol. The molecule has 1 aromatic carbocycles.